The van der Waals surface area contributed by atoms with E-state index < -0.39 is 17.7 Å². The van der Waals surface area contributed by atoms with Crippen LogP contribution in [0.4, 0.5) is 19.0 Å². The van der Waals surface area contributed by atoms with E-state index in [-0.39, 0.29) is 6.04 Å². The van der Waals surface area contributed by atoms with Crippen LogP contribution in [0.3, 0.4) is 0 Å². The van der Waals surface area contributed by atoms with Crippen molar-refractivity contribution in [2.45, 2.75) is 32.5 Å². The van der Waals surface area contributed by atoms with Gasteiger partial charge in [-0.3, -0.25) is 0 Å². The summed E-state index contributed by atoms with van der Waals surface area (Å²) in [4.78, 5) is 15.8. The average molecular weight is 432 g/mol. The minimum Gasteiger partial charge on any atom is -0.465 e. The number of nitrogens with one attached hydrogen (secondary N) is 1. The quantitative estimate of drug-likeness (QED) is 0.515. The fourth-order valence-corrected chi connectivity index (χ4v) is 3.12. The molecule has 2 aromatic heterocycles. The molecule has 3 rings (SSSR count). The largest absolute Gasteiger partial charge is 0.465 e. The van der Waals surface area contributed by atoms with Crippen molar-refractivity contribution in [3.05, 3.63) is 71.7 Å². The lowest BCUT2D eigenvalue weighted by molar-refractivity contribution is -0.137. The van der Waals surface area contributed by atoms with Gasteiger partial charge in [-0.05, 0) is 42.2 Å². The summed E-state index contributed by atoms with van der Waals surface area (Å²) in [5, 5.41) is 7.17. The van der Waals surface area contributed by atoms with Gasteiger partial charge in [0.25, 0.3) is 0 Å². The van der Waals surface area contributed by atoms with Crippen LogP contribution in [0.25, 0.3) is 5.69 Å². The number of hydrogen-bond donors (Lipinski definition) is 1. The lowest BCUT2D eigenvalue weighted by Crippen LogP contribution is -2.14. The first-order valence-corrected chi connectivity index (χ1v) is 9.70. The fourth-order valence-electron chi connectivity index (χ4n) is 3.12. The van der Waals surface area contributed by atoms with Crippen molar-refractivity contribution in [3.8, 4) is 5.69 Å². The van der Waals surface area contributed by atoms with Gasteiger partial charge in [0, 0.05) is 12.4 Å². The number of aromatic nitrogens is 3. The highest BCUT2D eigenvalue weighted by atomic mass is 19.4. The number of pyridine rings is 1. The predicted octanol–water partition coefficient (Wildman–Crippen LogP) is 5.27. The zero-order valence-electron chi connectivity index (χ0n) is 17.3. The summed E-state index contributed by atoms with van der Waals surface area (Å²) >= 11 is 0. The molecule has 31 heavy (non-hydrogen) atoms. The molecule has 0 bridgehead atoms. The molecule has 0 aliphatic heterocycles. The second-order valence-corrected chi connectivity index (χ2v) is 7.51. The van der Waals surface area contributed by atoms with E-state index in [0.717, 1.165) is 24.4 Å². The molecule has 0 aliphatic rings. The van der Waals surface area contributed by atoms with Crippen LogP contribution in [-0.4, -0.2) is 27.8 Å². The number of carbonyl (C=O) groups excluding carboxylic acids is 1. The molecule has 1 unspecified atom stereocenters. The summed E-state index contributed by atoms with van der Waals surface area (Å²) in [7, 11) is 1.31. The monoisotopic (exact) mass is 432 g/mol. The Balaban J connectivity index is 1.79. The summed E-state index contributed by atoms with van der Waals surface area (Å²) in [5.41, 5.74) is 1.05. The molecule has 2 heterocycles. The number of halogens is 3. The SMILES string of the molecule is COC(=O)c1ccc(NC(CC(C)C)c2ccc(-n3cc(C(F)(F)F)cn3)cc2)nc1. The Labute approximate surface area is 178 Å². The highest BCUT2D eigenvalue weighted by molar-refractivity contribution is 5.89. The maximum atomic E-state index is 12.8. The molecule has 0 saturated carbocycles. The minimum absolute atomic E-state index is 0.0751. The van der Waals surface area contributed by atoms with Crippen LogP contribution >= 0.6 is 0 Å². The molecule has 0 aliphatic carbocycles. The first kappa shape index (κ1) is 22.3. The summed E-state index contributed by atoms with van der Waals surface area (Å²) < 4.78 is 44.3. The predicted molar refractivity (Wildman–Crippen MR) is 110 cm³/mol. The zero-order valence-corrected chi connectivity index (χ0v) is 17.3. The number of nitrogens with zero attached hydrogens (tertiary/aromatic N) is 3. The molecule has 164 valence electrons. The van der Waals surface area contributed by atoms with Crippen molar-refractivity contribution in [3.63, 3.8) is 0 Å². The molecule has 0 radical (unpaired) electrons. The molecule has 1 N–H and O–H groups in total. The van der Waals surface area contributed by atoms with Gasteiger partial charge in [0.1, 0.15) is 5.82 Å². The van der Waals surface area contributed by atoms with Crippen LogP contribution < -0.4 is 5.32 Å². The lowest BCUT2D eigenvalue weighted by Gasteiger charge is -2.22. The summed E-state index contributed by atoms with van der Waals surface area (Å²) in [6, 6.07) is 10.4. The molecule has 1 atom stereocenters. The number of esters is 1. The maximum Gasteiger partial charge on any atom is 0.419 e. The third-order valence-electron chi connectivity index (χ3n) is 4.68. The second-order valence-electron chi connectivity index (χ2n) is 7.51. The van der Waals surface area contributed by atoms with Crippen molar-refractivity contribution in [1.29, 1.82) is 0 Å². The molecule has 6 nitrogen and oxygen atoms in total. The summed E-state index contributed by atoms with van der Waals surface area (Å²) in [5.74, 6) is 0.525. The summed E-state index contributed by atoms with van der Waals surface area (Å²) in [6.45, 7) is 4.19. The van der Waals surface area contributed by atoms with E-state index in [2.05, 4.69) is 34.0 Å². The molecule has 9 heteroatoms. The molecule has 0 spiro atoms. The van der Waals surface area contributed by atoms with Crippen LogP contribution in [-0.2, 0) is 10.9 Å². The number of alkyl halides is 3. The van der Waals surface area contributed by atoms with E-state index in [9.17, 15) is 18.0 Å². The van der Waals surface area contributed by atoms with Crippen LogP contribution in [0.15, 0.2) is 55.0 Å². The first-order valence-electron chi connectivity index (χ1n) is 9.70. The van der Waals surface area contributed by atoms with Crippen molar-refractivity contribution in [2.24, 2.45) is 5.92 Å². The smallest absolute Gasteiger partial charge is 0.419 e. The minimum atomic E-state index is -4.43. The third kappa shape index (κ3) is 5.62. The molecule has 1 aromatic carbocycles. The van der Waals surface area contributed by atoms with E-state index in [1.54, 1.807) is 24.3 Å². The molecular weight excluding hydrogens is 409 g/mol. The van der Waals surface area contributed by atoms with Crippen molar-refractivity contribution in [2.75, 3.05) is 12.4 Å². The van der Waals surface area contributed by atoms with E-state index in [0.29, 0.717) is 23.0 Å². The van der Waals surface area contributed by atoms with E-state index in [1.165, 1.54) is 18.0 Å². The number of anilines is 1. The van der Waals surface area contributed by atoms with E-state index in [1.807, 2.05) is 12.1 Å². The van der Waals surface area contributed by atoms with Crippen LogP contribution in [0.1, 0.15) is 47.8 Å². The molecular formula is C22H23F3N4O2. The Morgan fingerprint density at radius 2 is 1.84 bits per heavy atom. The maximum absolute atomic E-state index is 12.8. The Hall–Kier alpha value is -3.36. The van der Waals surface area contributed by atoms with Gasteiger partial charge >= 0.3 is 12.1 Å². The number of carbonyl (C=O) groups is 1. The standard InChI is InChI=1S/C22H23F3N4O2/c1-14(2)10-19(28-20-9-6-16(11-26-20)21(30)31-3)15-4-7-18(8-5-15)29-13-17(12-27-29)22(23,24)25/h4-9,11-14,19H,10H2,1-3H3,(H,26,28). The van der Waals surface area contributed by atoms with Gasteiger partial charge in [0.2, 0.25) is 0 Å². The van der Waals surface area contributed by atoms with Gasteiger partial charge in [-0.15, -0.1) is 0 Å². The Kier molecular flexibility index (Phi) is 6.62. The molecule has 3 aromatic rings. The van der Waals surface area contributed by atoms with Crippen LogP contribution in [0.5, 0.6) is 0 Å². The normalized spacial score (nSPS) is 12.6. The van der Waals surface area contributed by atoms with Crippen molar-refractivity contribution < 1.29 is 22.7 Å². The van der Waals surface area contributed by atoms with Gasteiger partial charge in [0.05, 0.1) is 36.2 Å². The highest BCUT2D eigenvalue weighted by Crippen LogP contribution is 2.30. The number of methoxy groups -OCH3 is 1. The average Bonchev–Trinajstić information content (AvgIpc) is 3.24. The Morgan fingerprint density at radius 3 is 2.35 bits per heavy atom. The lowest BCUT2D eigenvalue weighted by atomic mass is 9.96. The van der Waals surface area contributed by atoms with E-state index >= 15 is 0 Å². The molecule has 0 amide bonds. The van der Waals surface area contributed by atoms with Gasteiger partial charge in [0.15, 0.2) is 0 Å². The number of benzene rings is 1. The summed E-state index contributed by atoms with van der Waals surface area (Å²) in [6.07, 6.45) is -0.410. The fraction of sp³-hybridized carbons (Fsp3) is 0.318. The molecule has 0 saturated heterocycles. The van der Waals surface area contributed by atoms with Crippen LogP contribution in [0.2, 0.25) is 0 Å². The second kappa shape index (κ2) is 9.20. The third-order valence-corrected chi connectivity index (χ3v) is 4.68. The topological polar surface area (TPSA) is 69.0 Å². The van der Waals surface area contributed by atoms with Gasteiger partial charge in [-0.25, -0.2) is 14.5 Å². The van der Waals surface area contributed by atoms with Crippen molar-refractivity contribution >= 4 is 11.8 Å². The Morgan fingerprint density at radius 1 is 1.13 bits per heavy atom. The van der Waals surface area contributed by atoms with Gasteiger partial charge < -0.3 is 10.1 Å². The number of hydrogen-bond acceptors (Lipinski definition) is 5. The van der Waals surface area contributed by atoms with Crippen LogP contribution in [0, 0.1) is 5.92 Å². The highest BCUT2D eigenvalue weighted by Gasteiger charge is 2.32. The van der Waals surface area contributed by atoms with Gasteiger partial charge in [-0.1, -0.05) is 26.0 Å². The number of rotatable bonds is 7. The first-order chi connectivity index (χ1) is 14.7. The van der Waals surface area contributed by atoms with E-state index in [4.69, 9.17) is 0 Å². The Bertz CT molecular complexity index is 1010. The zero-order chi connectivity index (χ0) is 22.6. The molecule has 0 fully saturated rings. The number of ether oxygens (including phenoxy) is 1. The van der Waals surface area contributed by atoms with Crippen molar-refractivity contribution in [1.82, 2.24) is 14.8 Å². The van der Waals surface area contributed by atoms with Gasteiger partial charge in [-0.2, -0.15) is 18.3 Å².